The number of halogens is 1. The second-order valence-electron chi connectivity index (χ2n) is 5.49. The number of hydrogen-bond donors (Lipinski definition) is 0. The third-order valence-electron chi connectivity index (χ3n) is 3.55. The predicted octanol–water partition coefficient (Wildman–Crippen LogP) is 5.40. The lowest BCUT2D eigenvalue weighted by molar-refractivity contribution is 0.112. The van der Waals surface area contributed by atoms with Crippen LogP contribution in [-0.4, -0.2) is 12.2 Å². The molecule has 0 saturated carbocycles. The van der Waals surface area contributed by atoms with Crippen molar-refractivity contribution in [1.29, 1.82) is 0 Å². The molecule has 1 aromatic carbocycles. The second-order valence-corrected chi connectivity index (χ2v) is 6.92. The van der Waals surface area contributed by atoms with E-state index in [4.69, 9.17) is 11.6 Å². The van der Waals surface area contributed by atoms with E-state index in [0.717, 1.165) is 36.5 Å². The van der Waals surface area contributed by atoms with Crippen molar-refractivity contribution < 1.29 is 4.79 Å². The van der Waals surface area contributed by atoms with E-state index in [1.807, 2.05) is 18.2 Å². The molecule has 1 nitrogen and oxygen atoms in total. The largest absolute Gasteiger partial charge is 0.298 e. The molecule has 0 fully saturated rings. The van der Waals surface area contributed by atoms with E-state index in [0.29, 0.717) is 5.88 Å². The van der Waals surface area contributed by atoms with Crippen LogP contribution in [0.1, 0.15) is 48.3 Å². The number of benzene rings is 1. The van der Waals surface area contributed by atoms with Gasteiger partial charge in [-0.05, 0) is 24.3 Å². The molecule has 0 N–H and O–H groups in total. The van der Waals surface area contributed by atoms with Gasteiger partial charge in [0.05, 0.1) is 0 Å². The summed E-state index contributed by atoms with van der Waals surface area (Å²) in [5.41, 5.74) is 0.905. The molecule has 0 radical (unpaired) electrons. The van der Waals surface area contributed by atoms with Crippen LogP contribution < -0.4 is 0 Å². The molecule has 1 heterocycles. The molecule has 2 rings (SSSR count). The molecule has 0 spiro atoms. The zero-order valence-corrected chi connectivity index (χ0v) is 13.0. The van der Waals surface area contributed by atoms with Crippen LogP contribution in [0.5, 0.6) is 0 Å². The number of hydrogen-bond acceptors (Lipinski definition) is 2. The predicted molar refractivity (Wildman–Crippen MR) is 84.8 cm³/mol. The number of carbonyl (C=O) groups is 1. The first-order valence-corrected chi connectivity index (χ1v) is 7.98. The lowest BCUT2D eigenvalue weighted by Gasteiger charge is -2.24. The highest BCUT2D eigenvalue weighted by molar-refractivity contribution is 7.19. The smallest absolute Gasteiger partial charge is 0.151 e. The van der Waals surface area contributed by atoms with E-state index in [-0.39, 0.29) is 5.41 Å². The van der Waals surface area contributed by atoms with E-state index < -0.39 is 0 Å². The van der Waals surface area contributed by atoms with Gasteiger partial charge >= 0.3 is 0 Å². The molecular weight excluding hydrogens is 276 g/mol. The van der Waals surface area contributed by atoms with Gasteiger partial charge in [0.2, 0.25) is 0 Å². The topological polar surface area (TPSA) is 17.1 Å². The lowest BCUT2D eigenvalue weighted by atomic mass is 9.83. The van der Waals surface area contributed by atoms with Crippen LogP contribution in [-0.2, 0) is 5.41 Å². The van der Waals surface area contributed by atoms with Crippen molar-refractivity contribution in [2.75, 3.05) is 5.88 Å². The van der Waals surface area contributed by atoms with E-state index in [9.17, 15) is 4.79 Å². The maximum atomic E-state index is 11.5. The summed E-state index contributed by atoms with van der Waals surface area (Å²) < 4.78 is 1.20. The Kier molecular flexibility index (Phi) is 4.64. The number of aldehydes is 1. The molecule has 19 heavy (non-hydrogen) atoms. The second kappa shape index (κ2) is 6.06. The van der Waals surface area contributed by atoms with Crippen molar-refractivity contribution in [3.8, 4) is 0 Å². The van der Waals surface area contributed by atoms with Crippen molar-refractivity contribution in [2.24, 2.45) is 0 Å². The molecule has 0 saturated heterocycles. The Morgan fingerprint density at radius 1 is 1.26 bits per heavy atom. The van der Waals surface area contributed by atoms with Crippen molar-refractivity contribution in [2.45, 2.75) is 38.5 Å². The lowest BCUT2D eigenvalue weighted by Crippen LogP contribution is -2.17. The summed E-state index contributed by atoms with van der Waals surface area (Å²) in [7, 11) is 0. The average molecular weight is 295 g/mol. The highest BCUT2D eigenvalue weighted by Gasteiger charge is 2.26. The number of rotatable bonds is 6. The Hall–Kier alpha value is -0.860. The molecule has 3 heteroatoms. The van der Waals surface area contributed by atoms with E-state index >= 15 is 0 Å². The quantitative estimate of drug-likeness (QED) is 0.396. The van der Waals surface area contributed by atoms with Gasteiger partial charge in [-0.2, -0.15) is 0 Å². The highest BCUT2D eigenvalue weighted by atomic mass is 35.5. The first-order valence-electron chi connectivity index (χ1n) is 6.63. The summed E-state index contributed by atoms with van der Waals surface area (Å²) in [5.74, 6) is 0.711. The third-order valence-corrected chi connectivity index (χ3v) is 5.37. The van der Waals surface area contributed by atoms with Gasteiger partial charge in [0.15, 0.2) is 6.29 Å². The van der Waals surface area contributed by atoms with Crippen LogP contribution in [0.25, 0.3) is 10.1 Å². The van der Waals surface area contributed by atoms with E-state index in [1.54, 1.807) is 11.3 Å². The Bertz CT molecular complexity index is 571. The van der Waals surface area contributed by atoms with Gasteiger partial charge in [0.25, 0.3) is 0 Å². The minimum atomic E-state index is 0.0337. The van der Waals surface area contributed by atoms with Crippen LogP contribution in [0.3, 0.4) is 0 Å². The third kappa shape index (κ3) is 3.01. The molecule has 0 aliphatic heterocycles. The van der Waals surface area contributed by atoms with Crippen LogP contribution in [0.15, 0.2) is 24.3 Å². The highest BCUT2D eigenvalue weighted by Crippen LogP contribution is 2.40. The first kappa shape index (κ1) is 14.5. The first-order chi connectivity index (χ1) is 9.10. The van der Waals surface area contributed by atoms with Crippen molar-refractivity contribution >= 4 is 39.3 Å². The minimum absolute atomic E-state index is 0.0337. The number of fused-ring (bicyclic) bond motifs is 1. The molecule has 1 aromatic heterocycles. The fourth-order valence-electron chi connectivity index (χ4n) is 2.46. The molecule has 2 aromatic rings. The minimum Gasteiger partial charge on any atom is -0.298 e. The Morgan fingerprint density at radius 3 is 2.68 bits per heavy atom. The summed E-state index contributed by atoms with van der Waals surface area (Å²) in [6.07, 6.45) is 4.21. The Balaban J connectivity index is 2.40. The Labute approximate surface area is 123 Å². The molecule has 0 atom stereocenters. The molecule has 0 bridgehead atoms. The van der Waals surface area contributed by atoms with Gasteiger partial charge < -0.3 is 0 Å². The van der Waals surface area contributed by atoms with Crippen molar-refractivity contribution in [3.63, 3.8) is 0 Å². The zero-order valence-electron chi connectivity index (χ0n) is 11.4. The van der Waals surface area contributed by atoms with Crippen LogP contribution >= 0.6 is 22.9 Å². The Morgan fingerprint density at radius 2 is 2.00 bits per heavy atom. The molecule has 102 valence electrons. The normalized spacial score (nSPS) is 11.9. The molecule has 0 aliphatic rings. The molecule has 0 aliphatic carbocycles. The van der Waals surface area contributed by atoms with Crippen LogP contribution in [0, 0.1) is 0 Å². The van der Waals surface area contributed by atoms with E-state index in [1.165, 1.54) is 9.58 Å². The van der Waals surface area contributed by atoms with Crippen LogP contribution in [0.4, 0.5) is 0 Å². The fourth-order valence-corrected chi connectivity index (χ4v) is 3.95. The zero-order chi connectivity index (χ0) is 13.9. The SMILES string of the molecule is CC(C)(CCCCCl)c1sc2ccccc2c1C=O. The average Bonchev–Trinajstić information content (AvgIpc) is 2.78. The monoisotopic (exact) mass is 294 g/mol. The summed E-state index contributed by atoms with van der Waals surface area (Å²) in [5, 5.41) is 1.09. The van der Waals surface area contributed by atoms with Gasteiger partial charge in [-0.15, -0.1) is 22.9 Å². The number of unbranched alkanes of at least 4 members (excludes halogenated alkanes) is 1. The summed E-state index contributed by atoms with van der Waals surface area (Å²) in [6.45, 7) is 4.44. The number of alkyl halides is 1. The van der Waals surface area contributed by atoms with Crippen LogP contribution in [0.2, 0.25) is 0 Å². The van der Waals surface area contributed by atoms with Gasteiger partial charge in [0.1, 0.15) is 0 Å². The summed E-state index contributed by atoms with van der Waals surface area (Å²) in [4.78, 5) is 12.7. The molecule has 0 amide bonds. The number of carbonyl (C=O) groups excluding carboxylic acids is 1. The van der Waals surface area contributed by atoms with Crippen molar-refractivity contribution in [3.05, 3.63) is 34.7 Å². The molecular formula is C16H19ClOS. The molecule has 0 unspecified atom stereocenters. The standard InChI is InChI=1S/C16H19ClOS/c1-16(2,9-5-6-10-17)15-13(11-18)12-7-3-4-8-14(12)19-15/h3-4,7-8,11H,5-6,9-10H2,1-2H3. The van der Waals surface area contributed by atoms with Gasteiger partial charge in [-0.25, -0.2) is 0 Å². The number of thiophene rings is 1. The maximum absolute atomic E-state index is 11.5. The van der Waals surface area contributed by atoms with Crippen molar-refractivity contribution in [1.82, 2.24) is 0 Å². The van der Waals surface area contributed by atoms with Gasteiger partial charge in [-0.1, -0.05) is 38.5 Å². The van der Waals surface area contributed by atoms with Gasteiger partial charge in [0, 0.05) is 26.4 Å². The van der Waals surface area contributed by atoms with Gasteiger partial charge in [-0.3, -0.25) is 4.79 Å². The van der Waals surface area contributed by atoms with E-state index in [2.05, 4.69) is 19.9 Å². The summed E-state index contributed by atoms with van der Waals surface area (Å²) >= 11 is 7.49. The summed E-state index contributed by atoms with van der Waals surface area (Å²) in [6, 6.07) is 8.14. The maximum Gasteiger partial charge on any atom is 0.151 e. The fraction of sp³-hybridized carbons (Fsp3) is 0.438.